The van der Waals surface area contributed by atoms with Gasteiger partial charge in [-0.25, -0.2) is 4.98 Å². The van der Waals surface area contributed by atoms with Gasteiger partial charge in [-0.3, -0.25) is 0 Å². The first-order chi connectivity index (χ1) is 8.47. The highest BCUT2D eigenvalue weighted by molar-refractivity contribution is 9.11. The van der Waals surface area contributed by atoms with Crippen LogP contribution in [0.5, 0.6) is 0 Å². The lowest BCUT2D eigenvalue weighted by atomic mass is 10.2. The van der Waals surface area contributed by atoms with Gasteiger partial charge in [0.15, 0.2) is 0 Å². The molecule has 0 aliphatic carbocycles. The Kier molecular flexibility index (Phi) is 4.45. The maximum absolute atomic E-state index is 4.47. The molecule has 1 unspecified atom stereocenters. The molecule has 0 saturated carbocycles. The largest absolute Gasteiger partial charge is 0.377 e. The number of nitrogens with one attached hydrogen (secondary N) is 1. The summed E-state index contributed by atoms with van der Waals surface area (Å²) in [5.41, 5.74) is 2.21. The van der Waals surface area contributed by atoms with Crippen molar-refractivity contribution in [2.75, 3.05) is 5.32 Å². The molecule has 0 fully saturated rings. The topological polar surface area (TPSA) is 24.9 Å². The number of thiazole rings is 1. The molecule has 2 rings (SSSR count). The van der Waals surface area contributed by atoms with Gasteiger partial charge in [-0.2, -0.15) is 0 Å². The molecule has 0 aliphatic rings. The van der Waals surface area contributed by atoms with E-state index in [-0.39, 0.29) is 6.04 Å². The molecular weight excluding hydrogens is 376 g/mol. The highest BCUT2D eigenvalue weighted by Gasteiger charge is 2.13. The van der Waals surface area contributed by atoms with Gasteiger partial charge >= 0.3 is 0 Å². The van der Waals surface area contributed by atoms with Crippen LogP contribution < -0.4 is 5.32 Å². The van der Waals surface area contributed by atoms with Crippen LogP contribution in [0.3, 0.4) is 0 Å². The molecule has 0 spiro atoms. The van der Waals surface area contributed by atoms with Crippen molar-refractivity contribution in [3.05, 3.63) is 42.7 Å². The molecule has 18 heavy (non-hydrogen) atoms. The van der Waals surface area contributed by atoms with Crippen molar-refractivity contribution in [1.82, 2.24) is 4.98 Å². The number of benzene rings is 1. The van der Waals surface area contributed by atoms with E-state index in [0.717, 1.165) is 25.3 Å². The molecule has 0 aliphatic heterocycles. The van der Waals surface area contributed by atoms with Crippen LogP contribution in [-0.4, -0.2) is 4.98 Å². The van der Waals surface area contributed by atoms with E-state index in [0.29, 0.717) is 0 Å². The van der Waals surface area contributed by atoms with E-state index in [1.54, 1.807) is 11.3 Å². The summed E-state index contributed by atoms with van der Waals surface area (Å²) in [5, 5.41) is 4.63. The van der Waals surface area contributed by atoms with Gasteiger partial charge in [-0.05, 0) is 54.9 Å². The second-order valence-electron chi connectivity index (χ2n) is 4.17. The lowest BCUT2D eigenvalue weighted by Crippen LogP contribution is -2.06. The zero-order valence-corrected chi connectivity index (χ0v) is 14.4. The average Bonchev–Trinajstić information content (AvgIpc) is 2.62. The van der Waals surface area contributed by atoms with Gasteiger partial charge in [0.25, 0.3) is 0 Å². The summed E-state index contributed by atoms with van der Waals surface area (Å²) in [5.74, 6) is 0. The number of anilines is 1. The predicted molar refractivity (Wildman–Crippen MR) is 85.5 cm³/mol. The Hall–Kier alpha value is -0.390. The molecule has 0 radical (unpaired) electrons. The van der Waals surface area contributed by atoms with Gasteiger partial charge < -0.3 is 5.32 Å². The SMILES string of the molecule is Cc1nc(C)c(C(C)Nc2ccc(Br)cc2Br)s1. The first-order valence-electron chi connectivity index (χ1n) is 5.63. The van der Waals surface area contributed by atoms with E-state index in [2.05, 4.69) is 62.1 Å². The summed E-state index contributed by atoms with van der Waals surface area (Å²) in [6, 6.07) is 6.40. The monoisotopic (exact) mass is 388 g/mol. The lowest BCUT2D eigenvalue weighted by molar-refractivity contribution is 0.888. The number of halogens is 2. The number of nitrogens with zero attached hydrogens (tertiary/aromatic N) is 1. The summed E-state index contributed by atoms with van der Waals surface area (Å²) < 4.78 is 2.13. The Morgan fingerprint density at radius 1 is 1.28 bits per heavy atom. The van der Waals surface area contributed by atoms with Gasteiger partial charge in [0.1, 0.15) is 0 Å². The van der Waals surface area contributed by atoms with Gasteiger partial charge in [-0.1, -0.05) is 15.9 Å². The van der Waals surface area contributed by atoms with Crippen molar-refractivity contribution in [3.8, 4) is 0 Å². The second-order valence-corrected chi connectivity index (χ2v) is 7.18. The highest BCUT2D eigenvalue weighted by Crippen LogP contribution is 2.32. The minimum Gasteiger partial charge on any atom is -0.377 e. The predicted octanol–water partition coefficient (Wildman–Crippen LogP) is 5.46. The normalized spacial score (nSPS) is 12.5. The molecule has 2 aromatic rings. The van der Waals surface area contributed by atoms with Gasteiger partial charge in [0.05, 0.1) is 16.7 Å². The Morgan fingerprint density at radius 2 is 2.00 bits per heavy atom. The molecule has 0 saturated heterocycles. The quantitative estimate of drug-likeness (QED) is 0.753. The molecule has 1 aromatic heterocycles. The van der Waals surface area contributed by atoms with Crippen molar-refractivity contribution in [2.45, 2.75) is 26.8 Å². The fourth-order valence-corrected chi connectivity index (χ4v) is 3.95. The fourth-order valence-electron chi connectivity index (χ4n) is 1.85. The number of hydrogen-bond donors (Lipinski definition) is 1. The third kappa shape index (κ3) is 3.13. The van der Waals surface area contributed by atoms with Crippen LogP contribution in [0.4, 0.5) is 5.69 Å². The van der Waals surface area contributed by atoms with Crippen LogP contribution in [0.2, 0.25) is 0 Å². The van der Waals surface area contributed by atoms with E-state index in [1.165, 1.54) is 4.88 Å². The van der Waals surface area contributed by atoms with Gasteiger partial charge in [-0.15, -0.1) is 11.3 Å². The van der Waals surface area contributed by atoms with Crippen LogP contribution in [-0.2, 0) is 0 Å². The van der Waals surface area contributed by atoms with Crippen LogP contribution in [0, 0.1) is 13.8 Å². The Labute approximate surface area is 128 Å². The summed E-state index contributed by atoms with van der Waals surface area (Å²) in [6.45, 7) is 6.27. The maximum atomic E-state index is 4.47. The molecule has 96 valence electrons. The standard InChI is InChI=1S/C13H14Br2N2S/c1-7-13(18-9(3)16-7)8(2)17-12-5-4-10(14)6-11(12)15/h4-6,8,17H,1-3H3. The number of aromatic nitrogens is 1. The van der Waals surface area contributed by atoms with Crippen molar-refractivity contribution < 1.29 is 0 Å². The third-order valence-electron chi connectivity index (χ3n) is 2.64. The molecule has 5 heteroatoms. The van der Waals surface area contributed by atoms with E-state index in [1.807, 2.05) is 19.1 Å². The van der Waals surface area contributed by atoms with Crippen LogP contribution in [0.25, 0.3) is 0 Å². The summed E-state index contributed by atoms with van der Waals surface area (Å²) in [4.78, 5) is 5.76. The minimum absolute atomic E-state index is 0.258. The van der Waals surface area contributed by atoms with Crippen molar-refractivity contribution >= 4 is 48.9 Å². The highest BCUT2D eigenvalue weighted by atomic mass is 79.9. The number of hydrogen-bond acceptors (Lipinski definition) is 3. The fraction of sp³-hybridized carbons (Fsp3) is 0.308. The van der Waals surface area contributed by atoms with Gasteiger partial charge in [0, 0.05) is 19.5 Å². The molecule has 1 aromatic carbocycles. The van der Waals surface area contributed by atoms with Crippen molar-refractivity contribution in [2.24, 2.45) is 0 Å². The smallest absolute Gasteiger partial charge is 0.0900 e. The molecule has 1 heterocycles. The van der Waals surface area contributed by atoms with E-state index in [9.17, 15) is 0 Å². The summed E-state index contributed by atoms with van der Waals surface area (Å²) >= 11 is 8.78. The average molecular weight is 390 g/mol. The molecule has 2 nitrogen and oxygen atoms in total. The van der Waals surface area contributed by atoms with E-state index < -0.39 is 0 Å². The van der Waals surface area contributed by atoms with E-state index in [4.69, 9.17) is 0 Å². The van der Waals surface area contributed by atoms with Crippen molar-refractivity contribution in [3.63, 3.8) is 0 Å². The first kappa shape index (κ1) is 14.0. The third-order valence-corrected chi connectivity index (χ3v) is 5.04. The van der Waals surface area contributed by atoms with E-state index >= 15 is 0 Å². The molecule has 1 atom stereocenters. The van der Waals surface area contributed by atoms with Crippen LogP contribution in [0.1, 0.15) is 28.5 Å². The molecule has 0 bridgehead atoms. The zero-order valence-electron chi connectivity index (χ0n) is 10.4. The Bertz CT molecular complexity index is 566. The lowest BCUT2D eigenvalue weighted by Gasteiger charge is -2.15. The Morgan fingerprint density at radius 3 is 2.56 bits per heavy atom. The van der Waals surface area contributed by atoms with Crippen LogP contribution >= 0.6 is 43.2 Å². The summed E-state index contributed by atoms with van der Waals surface area (Å²) in [6.07, 6.45) is 0. The maximum Gasteiger partial charge on any atom is 0.0900 e. The molecule has 0 amide bonds. The second kappa shape index (κ2) is 5.72. The molecule has 1 N–H and O–H groups in total. The minimum atomic E-state index is 0.258. The van der Waals surface area contributed by atoms with Crippen LogP contribution in [0.15, 0.2) is 27.1 Å². The summed E-state index contributed by atoms with van der Waals surface area (Å²) in [7, 11) is 0. The van der Waals surface area contributed by atoms with Crippen molar-refractivity contribution in [1.29, 1.82) is 0 Å². The Balaban J connectivity index is 2.21. The first-order valence-corrected chi connectivity index (χ1v) is 8.03. The zero-order chi connectivity index (χ0) is 13.3. The number of aryl methyl sites for hydroxylation is 2. The van der Waals surface area contributed by atoms with Gasteiger partial charge in [0.2, 0.25) is 0 Å². The number of rotatable bonds is 3. The molecular formula is C13H14Br2N2S.